The highest BCUT2D eigenvalue weighted by atomic mass is 32.1. The van der Waals surface area contributed by atoms with Crippen LogP contribution in [0.1, 0.15) is 0 Å². The van der Waals surface area contributed by atoms with Crippen molar-refractivity contribution < 1.29 is 0 Å². The van der Waals surface area contributed by atoms with E-state index < -0.39 is 8.07 Å². The van der Waals surface area contributed by atoms with Crippen LogP contribution in [0.4, 0.5) is 17.1 Å². The van der Waals surface area contributed by atoms with E-state index >= 15 is 0 Å². The summed E-state index contributed by atoms with van der Waals surface area (Å²) in [6, 6.07) is 72.7. The van der Waals surface area contributed by atoms with Gasteiger partial charge in [0.1, 0.15) is 0 Å². The second kappa shape index (κ2) is 12.6. The fourth-order valence-corrected chi connectivity index (χ4v) is 15.2. The maximum Gasteiger partial charge on any atom is 0.179 e. The zero-order valence-electron chi connectivity index (χ0n) is 30.4. The van der Waals surface area contributed by atoms with E-state index in [1.807, 2.05) is 11.3 Å². The molecular formula is C50H37N3SSi. The topological polar surface area (TPSA) is 11.4 Å². The molecule has 2 aromatic heterocycles. The smallest absolute Gasteiger partial charge is 0.179 e. The average molecular weight is 740 g/mol. The first kappa shape index (κ1) is 32.1. The normalized spacial score (nSPS) is 13.0. The monoisotopic (exact) mass is 739 g/mol. The van der Waals surface area contributed by atoms with Crippen LogP contribution in [0, 0.1) is 0 Å². The second-order valence-corrected chi connectivity index (χ2v) is 19.5. The van der Waals surface area contributed by atoms with Gasteiger partial charge in [-0.25, -0.2) is 0 Å². The van der Waals surface area contributed by atoms with Crippen LogP contribution >= 0.6 is 11.3 Å². The lowest BCUT2D eigenvalue weighted by molar-refractivity contribution is 0.950. The van der Waals surface area contributed by atoms with Crippen LogP contribution in [-0.4, -0.2) is 26.4 Å². The van der Waals surface area contributed by atoms with Gasteiger partial charge >= 0.3 is 0 Å². The second-order valence-electron chi connectivity index (χ2n) is 14.6. The predicted octanol–water partition coefficient (Wildman–Crippen LogP) is 10.1. The van der Waals surface area contributed by atoms with Crippen molar-refractivity contribution >= 4 is 99.2 Å². The lowest BCUT2D eigenvalue weighted by Gasteiger charge is -2.35. The molecule has 0 unspecified atom stereocenters. The van der Waals surface area contributed by atoms with E-state index in [0.717, 1.165) is 6.67 Å². The van der Waals surface area contributed by atoms with E-state index in [9.17, 15) is 0 Å². The molecule has 0 N–H and O–H groups in total. The summed E-state index contributed by atoms with van der Waals surface area (Å²) in [5.74, 6) is 0. The summed E-state index contributed by atoms with van der Waals surface area (Å²) in [5.41, 5.74) is 7.40. The predicted molar refractivity (Wildman–Crippen MR) is 239 cm³/mol. The first-order valence-corrected chi connectivity index (χ1v) is 21.8. The van der Waals surface area contributed by atoms with Gasteiger partial charge in [-0.15, -0.1) is 11.3 Å². The maximum absolute atomic E-state index is 2.92. The van der Waals surface area contributed by atoms with Crippen molar-refractivity contribution in [1.29, 1.82) is 0 Å². The van der Waals surface area contributed by atoms with E-state index in [1.165, 1.54) is 85.5 Å². The van der Waals surface area contributed by atoms with Gasteiger partial charge in [-0.2, -0.15) is 0 Å². The van der Waals surface area contributed by atoms with Crippen molar-refractivity contribution in [3.8, 4) is 5.69 Å². The molecule has 5 heteroatoms. The minimum absolute atomic E-state index is 0.808. The summed E-state index contributed by atoms with van der Waals surface area (Å²) in [7, 11) is -0.733. The van der Waals surface area contributed by atoms with E-state index in [-0.39, 0.29) is 0 Å². The van der Waals surface area contributed by atoms with Crippen molar-refractivity contribution in [2.45, 2.75) is 0 Å². The summed E-state index contributed by atoms with van der Waals surface area (Å²) >= 11 is 1.88. The third kappa shape index (κ3) is 4.80. The van der Waals surface area contributed by atoms with Crippen LogP contribution in [0.25, 0.3) is 47.7 Å². The number of benzene rings is 8. The lowest BCUT2D eigenvalue weighted by Crippen LogP contribution is -2.74. The Hall–Kier alpha value is -6.40. The van der Waals surface area contributed by atoms with Gasteiger partial charge in [-0.05, 0) is 75.3 Å². The standard InChI is InChI=1S/C50H37N3SSi/c1-51-34-52(45-26-13-12-25-44(45)51)36-18-15-23-39(32-36)55(37-19-7-3-8-20-37,38-21-9-4-10-22-38)40-28-29-41-42-30-31-48-49(43-24-11-14-27-47(43)54-48)50(42)53(46(41)33-40)35-16-5-2-6-17-35/h2-33H,34H2,1H3. The molecule has 3 heterocycles. The van der Waals surface area contributed by atoms with Crippen LogP contribution in [0.5, 0.6) is 0 Å². The minimum Gasteiger partial charge on any atom is -0.355 e. The number of thiophene rings is 1. The molecule has 0 saturated heterocycles. The van der Waals surface area contributed by atoms with Crippen LogP contribution in [0.2, 0.25) is 0 Å². The number of rotatable bonds is 6. The fraction of sp³-hybridized carbons (Fsp3) is 0.0400. The Morgan fingerprint density at radius 3 is 1.82 bits per heavy atom. The molecule has 0 fully saturated rings. The first-order chi connectivity index (χ1) is 27.2. The van der Waals surface area contributed by atoms with Gasteiger partial charge in [0, 0.05) is 49.4 Å². The Morgan fingerprint density at radius 1 is 0.455 bits per heavy atom. The Morgan fingerprint density at radius 2 is 1.05 bits per heavy atom. The molecule has 8 aromatic carbocycles. The van der Waals surface area contributed by atoms with E-state index in [0.29, 0.717) is 0 Å². The summed E-state index contributed by atoms with van der Waals surface area (Å²) in [5, 5.41) is 10.7. The van der Waals surface area contributed by atoms with Gasteiger partial charge in [0.2, 0.25) is 0 Å². The summed E-state index contributed by atoms with van der Waals surface area (Å²) in [4.78, 5) is 4.80. The van der Waals surface area contributed by atoms with E-state index in [2.05, 4.69) is 216 Å². The molecule has 10 aromatic rings. The summed E-state index contributed by atoms with van der Waals surface area (Å²) in [6.45, 7) is 0.808. The largest absolute Gasteiger partial charge is 0.355 e. The van der Waals surface area contributed by atoms with Crippen molar-refractivity contribution in [2.24, 2.45) is 0 Å². The molecule has 0 atom stereocenters. The zero-order valence-corrected chi connectivity index (χ0v) is 32.2. The van der Waals surface area contributed by atoms with Gasteiger partial charge in [-0.1, -0.05) is 140 Å². The number of hydrogen-bond donors (Lipinski definition) is 0. The van der Waals surface area contributed by atoms with Crippen LogP contribution in [-0.2, 0) is 0 Å². The number of nitrogens with zero attached hydrogens (tertiary/aromatic N) is 3. The molecule has 0 spiro atoms. The molecule has 0 saturated carbocycles. The Balaban J connectivity index is 1.24. The SMILES string of the molecule is CN1CN(c2cccc([Si](c3ccccc3)(c3ccccc3)c3ccc4c5ccc6sc7ccccc7c6c5n(-c5ccccc5)c4c3)c2)c2ccccc21. The van der Waals surface area contributed by atoms with Crippen molar-refractivity contribution in [3.63, 3.8) is 0 Å². The van der Waals surface area contributed by atoms with Crippen molar-refractivity contribution in [3.05, 3.63) is 194 Å². The van der Waals surface area contributed by atoms with Crippen molar-refractivity contribution in [1.82, 2.24) is 4.57 Å². The number of para-hydroxylation sites is 3. The summed E-state index contributed by atoms with van der Waals surface area (Å²) < 4.78 is 5.18. The Labute approximate surface area is 325 Å². The molecule has 1 aliphatic heterocycles. The number of fused-ring (bicyclic) bond motifs is 8. The number of hydrogen-bond acceptors (Lipinski definition) is 3. The zero-order chi connectivity index (χ0) is 36.5. The van der Waals surface area contributed by atoms with E-state index in [4.69, 9.17) is 0 Å². The highest BCUT2D eigenvalue weighted by molar-refractivity contribution is 7.26. The van der Waals surface area contributed by atoms with Gasteiger partial charge in [0.25, 0.3) is 0 Å². The quantitative estimate of drug-likeness (QED) is 0.124. The molecule has 0 radical (unpaired) electrons. The van der Waals surface area contributed by atoms with Crippen LogP contribution in [0.3, 0.4) is 0 Å². The maximum atomic E-state index is 2.54. The molecule has 3 nitrogen and oxygen atoms in total. The third-order valence-electron chi connectivity index (χ3n) is 11.7. The Bertz CT molecular complexity index is 3000. The molecule has 0 aliphatic carbocycles. The van der Waals surface area contributed by atoms with Gasteiger partial charge < -0.3 is 14.4 Å². The van der Waals surface area contributed by atoms with Gasteiger partial charge in [0.15, 0.2) is 8.07 Å². The molecule has 1 aliphatic rings. The van der Waals surface area contributed by atoms with E-state index in [1.54, 1.807) is 0 Å². The van der Waals surface area contributed by atoms with Gasteiger partial charge in [-0.3, -0.25) is 0 Å². The highest BCUT2D eigenvalue weighted by Crippen LogP contribution is 2.43. The molecule has 0 amide bonds. The lowest BCUT2D eigenvalue weighted by atomic mass is 10.1. The molecular weight excluding hydrogens is 703 g/mol. The van der Waals surface area contributed by atoms with Crippen molar-refractivity contribution in [2.75, 3.05) is 23.5 Å². The molecule has 11 rings (SSSR count). The average Bonchev–Trinajstić information content (AvgIpc) is 3.91. The number of anilines is 3. The number of aromatic nitrogens is 1. The molecule has 55 heavy (non-hydrogen) atoms. The van der Waals surface area contributed by atoms with Gasteiger partial charge in [0.05, 0.1) is 29.1 Å². The summed E-state index contributed by atoms with van der Waals surface area (Å²) in [6.07, 6.45) is 0. The highest BCUT2D eigenvalue weighted by Gasteiger charge is 2.42. The Kier molecular flexibility index (Phi) is 7.34. The third-order valence-corrected chi connectivity index (χ3v) is 17.5. The minimum atomic E-state index is -2.92. The molecule has 262 valence electrons. The van der Waals surface area contributed by atoms with Crippen LogP contribution < -0.4 is 30.5 Å². The van der Waals surface area contributed by atoms with Crippen LogP contribution in [0.15, 0.2) is 194 Å². The molecule has 0 bridgehead atoms. The fourth-order valence-electron chi connectivity index (χ4n) is 9.28. The first-order valence-electron chi connectivity index (χ1n) is 18.9.